The summed E-state index contributed by atoms with van der Waals surface area (Å²) >= 11 is 0. The SMILES string of the molecule is c1ccc(OCCN2CCC(CN3CCOCC3)CC2)cc1. The van der Waals surface area contributed by atoms with Crippen molar-refractivity contribution in [3.63, 3.8) is 0 Å². The molecule has 0 saturated carbocycles. The van der Waals surface area contributed by atoms with Gasteiger partial charge in [0.2, 0.25) is 0 Å². The standard InChI is InChI=1S/C18H28N2O2/c1-2-4-18(5-3-1)22-15-12-19-8-6-17(7-9-19)16-20-10-13-21-14-11-20/h1-5,17H,6-16H2. The molecule has 2 saturated heterocycles. The number of ether oxygens (including phenoxy) is 2. The van der Waals surface area contributed by atoms with Crippen LogP contribution in [0.25, 0.3) is 0 Å². The van der Waals surface area contributed by atoms with E-state index in [2.05, 4.69) is 9.80 Å². The van der Waals surface area contributed by atoms with Crippen molar-refractivity contribution in [1.82, 2.24) is 9.80 Å². The van der Waals surface area contributed by atoms with Crippen molar-refractivity contribution in [2.75, 3.05) is 59.1 Å². The molecule has 2 aliphatic heterocycles. The van der Waals surface area contributed by atoms with E-state index in [1.165, 1.54) is 32.5 Å². The summed E-state index contributed by atoms with van der Waals surface area (Å²) in [6.45, 7) is 9.58. The molecule has 0 unspecified atom stereocenters. The molecule has 0 spiro atoms. The molecule has 4 nitrogen and oxygen atoms in total. The molecular weight excluding hydrogens is 276 g/mol. The normalized spacial score (nSPS) is 21.8. The predicted octanol–water partition coefficient (Wildman–Crippen LogP) is 2.11. The van der Waals surface area contributed by atoms with Crippen LogP contribution in [0.5, 0.6) is 5.75 Å². The van der Waals surface area contributed by atoms with Crippen molar-refractivity contribution >= 4 is 0 Å². The largest absolute Gasteiger partial charge is 0.492 e. The second kappa shape index (κ2) is 8.51. The van der Waals surface area contributed by atoms with Crippen molar-refractivity contribution in [3.8, 4) is 5.75 Å². The molecule has 0 atom stereocenters. The smallest absolute Gasteiger partial charge is 0.119 e. The average molecular weight is 304 g/mol. The molecule has 0 N–H and O–H groups in total. The molecule has 4 heteroatoms. The van der Waals surface area contributed by atoms with E-state index < -0.39 is 0 Å². The van der Waals surface area contributed by atoms with Gasteiger partial charge in [-0.3, -0.25) is 9.80 Å². The van der Waals surface area contributed by atoms with Crippen molar-refractivity contribution in [2.45, 2.75) is 12.8 Å². The highest BCUT2D eigenvalue weighted by molar-refractivity contribution is 5.20. The van der Waals surface area contributed by atoms with Gasteiger partial charge < -0.3 is 9.47 Å². The summed E-state index contributed by atoms with van der Waals surface area (Å²) in [4.78, 5) is 5.11. The Labute approximate surface area is 134 Å². The highest BCUT2D eigenvalue weighted by Crippen LogP contribution is 2.19. The van der Waals surface area contributed by atoms with E-state index in [9.17, 15) is 0 Å². The number of piperidine rings is 1. The van der Waals surface area contributed by atoms with Crippen molar-refractivity contribution in [2.24, 2.45) is 5.92 Å². The third kappa shape index (κ3) is 4.97. The van der Waals surface area contributed by atoms with Gasteiger partial charge >= 0.3 is 0 Å². The van der Waals surface area contributed by atoms with Gasteiger partial charge in [0.05, 0.1) is 13.2 Å². The summed E-state index contributed by atoms with van der Waals surface area (Å²) in [6.07, 6.45) is 2.64. The Morgan fingerprint density at radius 1 is 0.955 bits per heavy atom. The first-order valence-electron chi connectivity index (χ1n) is 8.60. The lowest BCUT2D eigenvalue weighted by Gasteiger charge is -2.36. The van der Waals surface area contributed by atoms with Crippen LogP contribution in [0.15, 0.2) is 30.3 Å². The lowest BCUT2D eigenvalue weighted by molar-refractivity contribution is 0.0240. The molecule has 0 radical (unpaired) electrons. The maximum atomic E-state index is 5.79. The van der Waals surface area contributed by atoms with Crippen molar-refractivity contribution < 1.29 is 9.47 Å². The number of nitrogens with zero attached hydrogens (tertiary/aromatic N) is 2. The van der Waals surface area contributed by atoms with Crippen LogP contribution in [0.1, 0.15) is 12.8 Å². The quantitative estimate of drug-likeness (QED) is 0.804. The van der Waals surface area contributed by atoms with Crippen LogP contribution in [0.4, 0.5) is 0 Å². The van der Waals surface area contributed by atoms with E-state index in [0.29, 0.717) is 0 Å². The van der Waals surface area contributed by atoms with Crippen LogP contribution in [0, 0.1) is 5.92 Å². The third-order valence-corrected chi connectivity index (χ3v) is 4.75. The molecule has 2 fully saturated rings. The number of likely N-dealkylation sites (tertiary alicyclic amines) is 1. The van der Waals surface area contributed by atoms with E-state index in [-0.39, 0.29) is 0 Å². The Bertz CT molecular complexity index is 412. The molecule has 2 aliphatic rings. The van der Waals surface area contributed by atoms with Crippen LogP contribution in [-0.4, -0.2) is 68.9 Å². The molecule has 0 aliphatic carbocycles. The van der Waals surface area contributed by atoms with Crippen LogP contribution in [0.2, 0.25) is 0 Å². The Hall–Kier alpha value is -1.10. The Kier molecular flexibility index (Phi) is 6.11. The number of rotatable bonds is 6. The number of hydrogen-bond acceptors (Lipinski definition) is 4. The van der Waals surface area contributed by atoms with Gasteiger partial charge in [0, 0.05) is 26.2 Å². The van der Waals surface area contributed by atoms with Gasteiger partial charge in [0.1, 0.15) is 12.4 Å². The van der Waals surface area contributed by atoms with Gasteiger partial charge in [-0.1, -0.05) is 18.2 Å². The first kappa shape index (κ1) is 15.8. The molecular formula is C18H28N2O2. The molecule has 22 heavy (non-hydrogen) atoms. The molecule has 1 aromatic rings. The molecule has 0 bridgehead atoms. The number of hydrogen-bond donors (Lipinski definition) is 0. The highest BCUT2D eigenvalue weighted by atomic mass is 16.5. The second-order valence-electron chi connectivity index (χ2n) is 6.36. The van der Waals surface area contributed by atoms with Crippen molar-refractivity contribution in [1.29, 1.82) is 0 Å². The van der Waals surface area contributed by atoms with Crippen LogP contribution >= 0.6 is 0 Å². The summed E-state index contributed by atoms with van der Waals surface area (Å²) < 4.78 is 11.2. The second-order valence-corrected chi connectivity index (χ2v) is 6.36. The molecule has 2 heterocycles. The van der Waals surface area contributed by atoms with E-state index >= 15 is 0 Å². The van der Waals surface area contributed by atoms with Crippen molar-refractivity contribution in [3.05, 3.63) is 30.3 Å². The number of para-hydroxylation sites is 1. The Morgan fingerprint density at radius 3 is 2.41 bits per heavy atom. The maximum absolute atomic E-state index is 5.79. The third-order valence-electron chi connectivity index (χ3n) is 4.75. The Morgan fingerprint density at radius 2 is 1.68 bits per heavy atom. The van der Waals surface area contributed by atoms with Gasteiger partial charge in [-0.05, 0) is 44.0 Å². The van der Waals surface area contributed by atoms with Crippen LogP contribution in [-0.2, 0) is 4.74 Å². The minimum Gasteiger partial charge on any atom is -0.492 e. The first-order chi connectivity index (χ1) is 10.9. The average Bonchev–Trinajstić information content (AvgIpc) is 2.58. The van der Waals surface area contributed by atoms with E-state index in [1.54, 1.807) is 0 Å². The van der Waals surface area contributed by atoms with Crippen LogP contribution in [0.3, 0.4) is 0 Å². The zero-order valence-corrected chi connectivity index (χ0v) is 13.5. The van der Waals surface area contributed by atoms with Gasteiger partial charge in [0.15, 0.2) is 0 Å². The lowest BCUT2D eigenvalue weighted by Crippen LogP contribution is -2.43. The van der Waals surface area contributed by atoms with Gasteiger partial charge in [-0.25, -0.2) is 0 Å². The fourth-order valence-electron chi connectivity index (χ4n) is 3.35. The molecule has 0 amide bonds. The molecule has 0 aromatic heterocycles. The summed E-state index contributed by atoms with van der Waals surface area (Å²) in [7, 11) is 0. The first-order valence-corrected chi connectivity index (χ1v) is 8.60. The highest BCUT2D eigenvalue weighted by Gasteiger charge is 2.22. The minimum atomic E-state index is 0.790. The van der Waals surface area contributed by atoms with Gasteiger partial charge in [-0.2, -0.15) is 0 Å². The van der Waals surface area contributed by atoms with E-state index in [4.69, 9.17) is 9.47 Å². The topological polar surface area (TPSA) is 24.9 Å². The van der Waals surface area contributed by atoms with E-state index in [0.717, 1.165) is 51.1 Å². The predicted molar refractivity (Wildman–Crippen MR) is 88.4 cm³/mol. The van der Waals surface area contributed by atoms with E-state index in [1.807, 2.05) is 30.3 Å². The van der Waals surface area contributed by atoms with Gasteiger partial charge in [-0.15, -0.1) is 0 Å². The fraction of sp³-hybridized carbons (Fsp3) is 0.667. The molecule has 3 rings (SSSR count). The lowest BCUT2D eigenvalue weighted by atomic mass is 9.96. The summed E-state index contributed by atoms with van der Waals surface area (Å²) in [5.41, 5.74) is 0. The maximum Gasteiger partial charge on any atom is 0.119 e. The monoisotopic (exact) mass is 304 g/mol. The fourth-order valence-corrected chi connectivity index (χ4v) is 3.35. The molecule has 122 valence electrons. The molecule has 1 aromatic carbocycles. The zero-order chi connectivity index (χ0) is 15.0. The summed E-state index contributed by atoms with van der Waals surface area (Å²) in [5.74, 6) is 1.84. The van der Waals surface area contributed by atoms with Crippen LogP contribution < -0.4 is 4.74 Å². The number of morpholine rings is 1. The van der Waals surface area contributed by atoms with Gasteiger partial charge in [0.25, 0.3) is 0 Å². The summed E-state index contributed by atoms with van der Waals surface area (Å²) in [5, 5.41) is 0. The Balaban J connectivity index is 1.30. The minimum absolute atomic E-state index is 0.790. The zero-order valence-electron chi connectivity index (χ0n) is 13.5. The summed E-state index contributed by atoms with van der Waals surface area (Å²) in [6, 6.07) is 10.1. The number of benzene rings is 1.